The van der Waals surface area contributed by atoms with E-state index in [4.69, 9.17) is 0 Å². The maximum Gasteiger partial charge on any atom is 0.444 e. The van der Waals surface area contributed by atoms with Crippen molar-refractivity contribution in [2.45, 2.75) is 17.4 Å². The predicted octanol–water partition coefficient (Wildman–Crippen LogP) is 2.48. The van der Waals surface area contributed by atoms with E-state index >= 15 is 0 Å². The average molecular weight is 201 g/mol. The Morgan fingerprint density at radius 3 is 1.00 bits per heavy atom. The molecule has 0 rings (SSSR count). The molecule has 0 aliphatic carbocycles. The third kappa shape index (κ3) is 1.90. The molecular weight excluding hydrogens is 201 g/mol. The summed E-state index contributed by atoms with van der Waals surface area (Å²) in [5.74, 6) is 0. The van der Waals surface area contributed by atoms with Crippen LogP contribution < -0.4 is 0 Å². The van der Waals surface area contributed by atoms with Crippen molar-refractivity contribution in [2.75, 3.05) is 0 Å². The van der Waals surface area contributed by atoms with E-state index in [0.717, 1.165) is 0 Å². The highest BCUT2D eigenvalue weighted by molar-refractivity contribution is 6.23. The van der Waals surface area contributed by atoms with Gasteiger partial charge in [-0.05, 0) is 0 Å². The van der Waals surface area contributed by atoms with E-state index in [2.05, 4.69) is 11.6 Å². The summed E-state index contributed by atoms with van der Waals surface area (Å²) < 4.78 is 67.0. The molecule has 0 aromatic carbocycles. The maximum atomic E-state index is 11.2. The first-order chi connectivity index (χ1) is 4.50. The molecule has 1 radical (unpaired) electrons. The Hall–Kier alpha value is -0.170. The molecule has 67 valence electrons. The number of rotatable bonds is 0. The topological polar surface area (TPSA) is 19.9 Å². The van der Waals surface area contributed by atoms with Gasteiger partial charge in [0.15, 0.2) is 0 Å². The zero-order valence-corrected chi connectivity index (χ0v) is 5.31. The lowest BCUT2D eigenvalue weighted by Crippen LogP contribution is -2.50. The molecular formula is C3ClF6O. The Kier molecular flexibility index (Phi) is 2.37. The molecule has 0 atom stereocenters. The van der Waals surface area contributed by atoms with Crippen molar-refractivity contribution in [3.05, 3.63) is 0 Å². The summed E-state index contributed by atoms with van der Waals surface area (Å²) in [7, 11) is 0. The highest BCUT2D eigenvalue weighted by Crippen LogP contribution is 2.46. The van der Waals surface area contributed by atoms with Gasteiger partial charge in [0.2, 0.25) is 0 Å². The van der Waals surface area contributed by atoms with Crippen molar-refractivity contribution in [3.63, 3.8) is 0 Å². The zero-order valence-electron chi connectivity index (χ0n) is 4.55. The van der Waals surface area contributed by atoms with Gasteiger partial charge in [-0.3, -0.25) is 0 Å². The van der Waals surface area contributed by atoms with E-state index < -0.39 is 17.4 Å². The molecule has 0 heterocycles. The van der Waals surface area contributed by atoms with Gasteiger partial charge in [-0.25, -0.2) is 0 Å². The summed E-state index contributed by atoms with van der Waals surface area (Å²) in [4.78, 5) is 0. The lowest BCUT2D eigenvalue weighted by Gasteiger charge is -2.23. The smallest absolute Gasteiger partial charge is 0.191 e. The number of hydrogen-bond donors (Lipinski definition) is 0. The van der Waals surface area contributed by atoms with E-state index in [1.807, 2.05) is 0 Å². The van der Waals surface area contributed by atoms with E-state index in [-0.39, 0.29) is 0 Å². The summed E-state index contributed by atoms with van der Waals surface area (Å²) in [6.07, 6.45) is -12.1. The van der Waals surface area contributed by atoms with Crippen LogP contribution in [-0.4, -0.2) is 17.4 Å². The molecule has 0 saturated heterocycles. The van der Waals surface area contributed by atoms with Gasteiger partial charge in [0.05, 0.1) is 0 Å². The van der Waals surface area contributed by atoms with Crippen molar-refractivity contribution >= 4 is 11.6 Å². The molecule has 0 unspecified atom stereocenters. The highest BCUT2D eigenvalue weighted by atomic mass is 35.5. The summed E-state index contributed by atoms with van der Waals surface area (Å²) in [6.45, 7) is 0. The van der Waals surface area contributed by atoms with Gasteiger partial charge in [-0.1, -0.05) is 11.6 Å². The minimum atomic E-state index is -6.03. The molecule has 0 saturated carbocycles. The molecule has 0 fully saturated rings. The van der Waals surface area contributed by atoms with Crippen LogP contribution in [0.2, 0.25) is 0 Å². The van der Waals surface area contributed by atoms with Crippen LogP contribution in [-0.2, 0) is 5.11 Å². The van der Waals surface area contributed by atoms with Crippen LogP contribution in [0.15, 0.2) is 0 Å². The largest absolute Gasteiger partial charge is 0.444 e. The molecule has 0 N–H and O–H groups in total. The van der Waals surface area contributed by atoms with Gasteiger partial charge in [-0.15, -0.1) is 0 Å². The summed E-state index contributed by atoms with van der Waals surface area (Å²) in [6, 6.07) is 0. The molecule has 0 aromatic rings. The van der Waals surface area contributed by atoms with E-state index in [1.54, 1.807) is 0 Å². The molecule has 0 aliphatic rings. The minimum absolute atomic E-state index is 3.68. The van der Waals surface area contributed by atoms with Gasteiger partial charge in [0.25, 0.3) is 0 Å². The zero-order chi connectivity index (χ0) is 9.50. The first-order valence-corrected chi connectivity index (χ1v) is 2.40. The highest BCUT2D eigenvalue weighted by Gasteiger charge is 2.71. The predicted molar refractivity (Wildman–Crippen MR) is 21.4 cm³/mol. The monoisotopic (exact) mass is 201 g/mol. The fraction of sp³-hybridized carbons (Fsp3) is 1.00. The first-order valence-electron chi connectivity index (χ1n) is 2.03. The molecule has 11 heavy (non-hydrogen) atoms. The van der Waals surface area contributed by atoms with Gasteiger partial charge in [0.1, 0.15) is 0 Å². The Morgan fingerprint density at radius 2 is 1.00 bits per heavy atom. The van der Waals surface area contributed by atoms with Crippen molar-refractivity contribution < 1.29 is 31.4 Å². The van der Waals surface area contributed by atoms with Crippen molar-refractivity contribution in [1.29, 1.82) is 0 Å². The van der Waals surface area contributed by atoms with Crippen LogP contribution in [0.25, 0.3) is 0 Å². The van der Waals surface area contributed by atoms with Crippen molar-refractivity contribution in [1.82, 2.24) is 0 Å². The van der Waals surface area contributed by atoms with E-state index in [1.165, 1.54) is 0 Å². The molecule has 1 nitrogen and oxygen atoms in total. The van der Waals surface area contributed by atoms with Crippen LogP contribution in [0.1, 0.15) is 0 Å². The van der Waals surface area contributed by atoms with Crippen LogP contribution >= 0.6 is 11.6 Å². The normalized spacial score (nSPS) is 15.3. The fourth-order valence-electron chi connectivity index (χ4n) is 0.161. The number of hydrogen-bond acceptors (Lipinski definition) is 0. The maximum absolute atomic E-state index is 11.2. The van der Waals surface area contributed by atoms with Crippen LogP contribution in [0.4, 0.5) is 26.3 Å². The van der Waals surface area contributed by atoms with Crippen molar-refractivity contribution in [3.8, 4) is 0 Å². The molecule has 0 bridgehead atoms. The van der Waals surface area contributed by atoms with Gasteiger partial charge < -0.3 is 0 Å². The summed E-state index contributed by atoms with van der Waals surface area (Å²) >= 11 is 3.68. The molecule has 8 heteroatoms. The third-order valence-corrected chi connectivity index (χ3v) is 1.16. The second-order valence-electron chi connectivity index (χ2n) is 1.59. The molecule has 0 aromatic heterocycles. The SMILES string of the molecule is [O]C(Cl)(C(F)(F)F)C(F)(F)F. The van der Waals surface area contributed by atoms with Crippen LogP contribution in [0.3, 0.4) is 0 Å². The molecule has 0 aliphatic heterocycles. The lowest BCUT2D eigenvalue weighted by atomic mass is 10.3. The van der Waals surface area contributed by atoms with Gasteiger partial charge in [-0.2, -0.15) is 31.4 Å². The van der Waals surface area contributed by atoms with Crippen molar-refractivity contribution in [2.24, 2.45) is 0 Å². The van der Waals surface area contributed by atoms with E-state index in [0.29, 0.717) is 0 Å². The Labute approximate surface area is 61.6 Å². The minimum Gasteiger partial charge on any atom is -0.191 e. The second kappa shape index (κ2) is 2.41. The molecule has 0 amide bonds. The summed E-state index contributed by atoms with van der Waals surface area (Å²) in [5.41, 5.74) is 0. The number of halogens is 7. The Morgan fingerprint density at radius 1 is 0.818 bits per heavy atom. The van der Waals surface area contributed by atoms with Crippen LogP contribution in [0, 0.1) is 0 Å². The fourth-order valence-corrected chi connectivity index (χ4v) is 0.161. The van der Waals surface area contributed by atoms with Crippen LogP contribution in [0.5, 0.6) is 0 Å². The van der Waals surface area contributed by atoms with Gasteiger partial charge >= 0.3 is 17.4 Å². The quantitative estimate of drug-likeness (QED) is 0.424. The Balaban J connectivity index is 4.75. The summed E-state index contributed by atoms with van der Waals surface area (Å²) in [5, 5.41) is 4.26. The lowest BCUT2D eigenvalue weighted by molar-refractivity contribution is -0.348. The third-order valence-electron chi connectivity index (χ3n) is 0.729. The Bertz CT molecular complexity index is 129. The standard InChI is InChI=1S/C3ClF6O/c4-1(11,2(5,6)7)3(8,9)10. The second-order valence-corrected chi connectivity index (χ2v) is 2.12. The average Bonchev–Trinajstić information content (AvgIpc) is 1.58. The van der Waals surface area contributed by atoms with Gasteiger partial charge in [0, 0.05) is 0 Å². The number of alkyl halides is 7. The van der Waals surface area contributed by atoms with E-state index in [9.17, 15) is 31.4 Å². The molecule has 0 spiro atoms. The first kappa shape index (κ1) is 10.8.